The zero-order valence-electron chi connectivity index (χ0n) is 16.6. The minimum atomic E-state index is 1.19. The van der Waals surface area contributed by atoms with Gasteiger partial charge in [0.15, 0.2) is 0 Å². The molecule has 0 nitrogen and oxygen atoms in total. The molecule has 4 aromatic rings. The molecular weight excluding hydrogens is 348 g/mol. The topological polar surface area (TPSA) is 0 Å². The van der Waals surface area contributed by atoms with Crippen LogP contribution in [0.2, 0.25) is 0 Å². The summed E-state index contributed by atoms with van der Waals surface area (Å²) in [5, 5.41) is 0. The summed E-state index contributed by atoms with van der Waals surface area (Å²) in [5.41, 5.74) is 8.51. The molecule has 0 amide bonds. The summed E-state index contributed by atoms with van der Waals surface area (Å²) in [6.07, 6.45) is 4.57. The van der Waals surface area contributed by atoms with Crippen molar-refractivity contribution < 1.29 is 0 Å². The smallest absolute Gasteiger partial charge is 0.0105 e. The number of hydrogen-bond acceptors (Lipinski definition) is 0. The van der Waals surface area contributed by atoms with E-state index in [0.29, 0.717) is 0 Å². The molecule has 4 rings (SSSR count). The van der Waals surface area contributed by atoms with Crippen molar-refractivity contribution in [3.8, 4) is 0 Å². The van der Waals surface area contributed by atoms with Crippen molar-refractivity contribution >= 4 is 17.2 Å². The van der Waals surface area contributed by atoms with Crippen LogP contribution in [0.4, 0.5) is 0 Å². The van der Waals surface area contributed by atoms with E-state index in [4.69, 9.17) is 0 Å². The van der Waals surface area contributed by atoms with Crippen LogP contribution in [0.5, 0.6) is 0 Å². The molecule has 0 heteroatoms. The van der Waals surface area contributed by atoms with Gasteiger partial charge in [0.2, 0.25) is 0 Å². The molecule has 0 spiro atoms. The Labute approximate surface area is 173 Å². The Morgan fingerprint density at radius 1 is 0.517 bits per heavy atom. The fourth-order valence-corrected chi connectivity index (χ4v) is 3.41. The van der Waals surface area contributed by atoms with Crippen LogP contribution in [0.15, 0.2) is 121 Å². The zero-order chi connectivity index (χ0) is 19.9. The van der Waals surface area contributed by atoms with Gasteiger partial charge >= 0.3 is 0 Å². The summed E-state index contributed by atoms with van der Waals surface area (Å²) in [4.78, 5) is 0. The minimum absolute atomic E-state index is 1.19. The summed E-state index contributed by atoms with van der Waals surface area (Å²) in [6.45, 7) is 2.12. The first-order valence-corrected chi connectivity index (χ1v) is 9.96. The van der Waals surface area contributed by atoms with Gasteiger partial charge in [0.05, 0.1) is 0 Å². The molecule has 0 aliphatic heterocycles. The minimum Gasteiger partial charge on any atom is -0.0622 e. The van der Waals surface area contributed by atoms with Crippen molar-refractivity contribution in [3.05, 3.63) is 149 Å². The average molecular weight is 373 g/mol. The van der Waals surface area contributed by atoms with Crippen LogP contribution in [-0.2, 0) is 0 Å². The maximum absolute atomic E-state index is 2.31. The van der Waals surface area contributed by atoms with E-state index in [-0.39, 0.29) is 0 Å². The fourth-order valence-electron chi connectivity index (χ4n) is 3.41. The van der Waals surface area contributed by atoms with Gasteiger partial charge < -0.3 is 0 Å². The van der Waals surface area contributed by atoms with Crippen molar-refractivity contribution in [2.45, 2.75) is 6.92 Å². The van der Waals surface area contributed by atoms with Gasteiger partial charge in [-0.1, -0.05) is 121 Å². The molecule has 0 aromatic heterocycles. The molecule has 0 heterocycles. The van der Waals surface area contributed by atoms with Gasteiger partial charge in [0.25, 0.3) is 0 Å². The lowest BCUT2D eigenvalue weighted by Gasteiger charge is -2.12. The molecule has 0 aliphatic rings. The van der Waals surface area contributed by atoms with Crippen LogP contribution in [-0.4, -0.2) is 0 Å². The van der Waals surface area contributed by atoms with Gasteiger partial charge in [-0.3, -0.25) is 0 Å². The van der Waals surface area contributed by atoms with Crippen molar-refractivity contribution in [1.82, 2.24) is 0 Å². The molecule has 0 N–H and O–H groups in total. The Hall–Kier alpha value is -3.64. The maximum atomic E-state index is 2.31. The number of hydrogen-bond donors (Lipinski definition) is 0. The van der Waals surface area contributed by atoms with Crippen LogP contribution in [0, 0.1) is 6.92 Å². The molecule has 0 saturated carbocycles. The molecule has 0 bridgehead atoms. The van der Waals surface area contributed by atoms with E-state index in [9.17, 15) is 0 Å². The number of benzene rings is 4. The molecule has 0 unspecified atom stereocenters. The van der Waals surface area contributed by atoms with Crippen LogP contribution < -0.4 is 0 Å². The van der Waals surface area contributed by atoms with Crippen molar-refractivity contribution in [1.29, 1.82) is 0 Å². The van der Waals surface area contributed by atoms with Crippen LogP contribution in [0.3, 0.4) is 0 Å². The highest BCUT2D eigenvalue weighted by Crippen LogP contribution is 2.29. The van der Waals surface area contributed by atoms with Gasteiger partial charge in [-0.05, 0) is 52.5 Å². The third-order valence-electron chi connectivity index (χ3n) is 4.98. The molecule has 0 saturated heterocycles. The molecular formula is C29H24. The summed E-state index contributed by atoms with van der Waals surface area (Å²) in [7, 11) is 0. The highest BCUT2D eigenvalue weighted by molar-refractivity contribution is 5.96. The third kappa shape index (κ3) is 4.80. The van der Waals surface area contributed by atoms with Crippen LogP contribution >= 0.6 is 0 Å². The average Bonchev–Trinajstić information content (AvgIpc) is 2.79. The highest BCUT2D eigenvalue weighted by Gasteiger charge is 2.08. The van der Waals surface area contributed by atoms with E-state index in [1.807, 2.05) is 0 Å². The number of rotatable bonds is 5. The second-order valence-electron chi connectivity index (χ2n) is 7.17. The van der Waals surface area contributed by atoms with Gasteiger partial charge in [-0.2, -0.15) is 0 Å². The predicted octanol–water partition coefficient (Wildman–Crippen LogP) is 7.67. The van der Waals surface area contributed by atoms with E-state index in [1.165, 1.54) is 39.0 Å². The molecule has 4 aromatic carbocycles. The first-order chi connectivity index (χ1) is 14.3. The lowest BCUT2D eigenvalue weighted by Crippen LogP contribution is -1.90. The van der Waals surface area contributed by atoms with Crippen molar-refractivity contribution in [2.24, 2.45) is 0 Å². The molecule has 0 atom stereocenters. The molecule has 0 radical (unpaired) electrons. The first-order valence-electron chi connectivity index (χ1n) is 9.96. The second-order valence-corrected chi connectivity index (χ2v) is 7.17. The third-order valence-corrected chi connectivity index (χ3v) is 4.98. The highest BCUT2D eigenvalue weighted by atomic mass is 14.1. The van der Waals surface area contributed by atoms with Gasteiger partial charge in [0.1, 0.15) is 0 Å². The lowest BCUT2D eigenvalue weighted by atomic mass is 9.92. The number of allylic oxidation sites excluding steroid dienone is 2. The lowest BCUT2D eigenvalue weighted by molar-refractivity contribution is 1.45. The largest absolute Gasteiger partial charge is 0.0622 e. The monoisotopic (exact) mass is 372 g/mol. The van der Waals surface area contributed by atoms with E-state index < -0.39 is 0 Å². The predicted molar refractivity (Wildman–Crippen MR) is 125 cm³/mol. The summed E-state index contributed by atoms with van der Waals surface area (Å²) in [5.74, 6) is 0. The zero-order valence-corrected chi connectivity index (χ0v) is 16.6. The Bertz CT molecular complexity index is 1060. The SMILES string of the molecule is Cc1ccc(/C(C=C(c2ccccc2)c2ccccc2)=C/c2ccccc2)cc1. The molecule has 0 fully saturated rings. The summed E-state index contributed by atoms with van der Waals surface area (Å²) < 4.78 is 0. The fraction of sp³-hybridized carbons (Fsp3) is 0.0345. The van der Waals surface area contributed by atoms with Crippen molar-refractivity contribution in [2.75, 3.05) is 0 Å². The van der Waals surface area contributed by atoms with E-state index in [1.54, 1.807) is 0 Å². The van der Waals surface area contributed by atoms with E-state index in [2.05, 4.69) is 134 Å². The molecule has 29 heavy (non-hydrogen) atoms. The Morgan fingerprint density at radius 3 is 1.52 bits per heavy atom. The van der Waals surface area contributed by atoms with E-state index >= 15 is 0 Å². The summed E-state index contributed by atoms with van der Waals surface area (Å²) in [6, 6.07) is 40.5. The Balaban J connectivity index is 1.90. The maximum Gasteiger partial charge on any atom is -0.0105 e. The normalized spacial score (nSPS) is 11.1. The van der Waals surface area contributed by atoms with Gasteiger partial charge in [-0.25, -0.2) is 0 Å². The number of aryl methyl sites for hydroxylation is 1. The van der Waals surface area contributed by atoms with Gasteiger partial charge in [-0.15, -0.1) is 0 Å². The first kappa shape index (κ1) is 18.7. The van der Waals surface area contributed by atoms with Crippen LogP contribution in [0.1, 0.15) is 27.8 Å². The van der Waals surface area contributed by atoms with Crippen molar-refractivity contribution in [3.63, 3.8) is 0 Å². The summed E-state index contributed by atoms with van der Waals surface area (Å²) >= 11 is 0. The molecule has 140 valence electrons. The van der Waals surface area contributed by atoms with E-state index in [0.717, 1.165) is 0 Å². The Kier molecular flexibility index (Phi) is 5.83. The standard InChI is InChI=1S/C29H24/c1-23-17-19-25(20-18-23)28(21-24-11-5-2-6-12-24)22-29(26-13-7-3-8-14-26)27-15-9-4-10-16-27/h2-22H,1H3/b28-21+. The second kappa shape index (κ2) is 9.03. The van der Waals surface area contributed by atoms with Gasteiger partial charge in [0, 0.05) is 0 Å². The van der Waals surface area contributed by atoms with Crippen LogP contribution in [0.25, 0.3) is 17.2 Å². The molecule has 0 aliphatic carbocycles. The Morgan fingerprint density at radius 2 is 1.00 bits per heavy atom. The quantitative estimate of drug-likeness (QED) is 0.249.